The quantitative estimate of drug-likeness (QED) is 0.668. The fraction of sp³-hybridized carbons (Fsp3) is 0.238. The summed E-state index contributed by atoms with van der Waals surface area (Å²) in [6.45, 7) is 2.69. The van der Waals surface area contributed by atoms with Crippen LogP contribution in [0.15, 0.2) is 59.6 Å². The molecule has 154 valence electrons. The van der Waals surface area contributed by atoms with Crippen molar-refractivity contribution in [3.8, 4) is 5.75 Å². The molecule has 30 heavy (non-hydrogen) atoms. The highest BCUT2D eigenvalue weighted by Gasteiger charge is 2.31. The lowest BCUT2D eigenvalue weighted by Gasteiger charge is -2.22. The van der Waals surface area contributed by atoms with Crippen LogP contribution in [0.2, 0.25) is 0 Å². The standard InChI is InChI=1S/C21H23N7O2/c1-4-28(15-10-6-5-7-11-15)21-24-17(23-20(22)26-21)18-25-19(30-27(18)2)14-9-8-12-16(13-14)29-3/h5-13,18H,4H2,1-3H3,(H2,22,23,24,26). The zero-order chi connectivity index (χ0) is 21.1. The number of rotatable bonds is 6. The molecular formula is C21H23N7O2. The molecule has 1 aliphatic heterocycles. The van der Waals surface area contributed by atoms with Crippen molar-refractivity contribution in [2.24, 2.45) is 4.99 Å². The zero-order valence-electron chi connectivity index (χ0n) is 17.1. The van der Waals surface area contributed by atoms with E-state index in [1.807, 2.05) is 66.4 Å². The molecule has 0 saturated carbocycles. The summed E-state index contributed by atoms with van der Waals surface area (Å²) in [6, 6.07) is 17.4. The third-order valence-corrected chi connectivity index (χ3v) is 4.65. The lowest BCUT2D eigenvalue weighted by molar-refractivity contribution is -0.0595. The number of para-hydroxylation sites is 1. The Balaban J connectivity index is 1.69. The summed E-state index contributed by atoms with van der Waals surface area (Å²) in [6.07, 6.45) is -0.551. The van der Waals surface area contributed by atoms with Gasteiger partial charge in [0.2, 0.25) is 17.8 Å². The van der Waals surface area contributed by atoms with Crippen LogP contribution in [-0.2, 0) is 4.84 Å². The number of hydroxylamine groups is 2. The highest BCUT2D eigenvalue weighted by atomic mass is 16.7. The third-order valence-electron chi connectivity index (χ3n) is 4.65. The van der Waals surface area contributed by atoms with Crippen molar-refractivity contribution in [1.82, 2.24) is 20.0 Å². The molecule has 2 heterocycles. The predicted octanol–water partition coefficient (Wildman–Crippen LogP) is 2.94. The molecule has 9 heteroatoms. The molecule has 0 bridgehead atoms. The number of nitrogens with zero attached hydrogens (tertiary/aromatic N) is 6. The van der Waals surface area contributed by atoms with E-state index < -0.39 is 6.17 Å². The zero-order valence-corrected chi connectivity index (χ0v) is 17.1. The Morgan fingerprint density at radius 1 is 1.10 bits per heavy atom. The molecule has 9 nitrogen and oxygen atoms in total. The van der Waals surface area contributed by atoms with Crippen molar-refractivity contribution in [3.63, 3.8) is 0 Å². The van der Waals surface area contributed by atoms with Gasteiger partial charge in [-0.1, -0.05) is 24.3 Å². The van der Waals surface area contributed by atoms with Crippen LogP contribution in [-0.4, -0.2) is 46.6 Å². The molecule has 1 atom stereocenters. The van der Waals surface area contributed by atoms with Gasteiger partial charge in [0.25, 0.3) is 0 Å². The van der Waals surface area contributed by atoms with Gasteiger partial charge in [-0.15, -0.1) is 5.06 Å². The second-order valence-corrected chi connectivity index (χ2v) is 6.61. The molecule has 0 aliphatic carbocycles. The van der Waals surface area contributed by atoms with Crippen LogP contribution < -0.4 is 15.4 Å². The smallest absolute Gasteiger partial charge is 0.243 e. The number of hydrogen-bond donors (Lipinski definition) is 1. The Labute approximate surface area is 174 Å². The van der Waals surface area contributed by atoms with Crippen LogP contribution in [0.5, 0.6) is 5.75 Å². The second kappa shape index (κ2) is 8.34. The van der Waals surface area contributed by atoms with Gasteiger partial charge in [-0.05, 0) is 37.3 Å². The summed E-state index contributed by atoms with van der Waals surface area (Å²) in [5.41, 5.74) is 7.78. The van der Waals surface area contributed by atoms with E-state index >= 15 is 0 Å². The maximum absolute atomic E-state index is 6.01. The molecule has 0 fully saturated rings. The van der Waals surface area contributed by atoms with Crippen LogP contribution in [0, 0.1) is 0 Å². The van der Waals surface area contributed by atoms with Gasteiger partial charge in [0, 0.05) is 24.8 Å². The first-order chi connectivity index (χ1) is 14.6. The minimum absolute atomic E-state index is 0.128. The van der Waals surface area contributed by atoms with E-state index in [2.05, 4.69) is 19.9 Å². The minimum atomic E-state index is -0.551. The van der Waals surface area contributed by atoms with E-state index in [-0.39, 0.29) is 5.95 Å². The van der Waals surface area contributed by atoms with Crippen molar-refractivity contribution >= 4 is 23.5 Å². The van der Waals surface area contributed by atoms with Crippen LogP contribution in [0.3, 0.4) is 0 Å². The minimum Gasteiger partial charge on any atom is -0.497 e. The number of nitrogens with two attached hydrogens (primary N) is 1. The number of aliphatic imine (C=N–C) groups is 1. The lowest BCUT2D eigenvalue weighted by Crippen LogP contribution is -2.24. The molecule has 3 aromatic rings. The summed E-state index contributed by atoms with van der Waals surface area (Å²) in [5.74, 6) is 2.18. The monoisotopic (exact) mass is 405 g/mol. The molecule has 0 radical (unpaired) electrons. The van der Waals surface area contributed by atoms with Gasteiger partial charge in [-0.3, -0.25) is 0 Å². The molecule has 1 aromatic heterocycles. The number of hydrogen-bond acceptors (Lipinski definition) is 9. The van der Waals surface area contributed by atoms with Gasteiger partial charge < -0.3 is 20.2 Å². The average molecular weight is 405 g/mol. The number of ether oxygens (including phenoxy) is 1. The normalized spacial score (nSPS) is 16.1. The Morgan fingerprint density at radius 2 is 1.90 bits per heavy atom. The van der Waals surface area contributed by atoms with Gasteiger partial charge in [0.05, 0.1) is 7.11 Å². The number of anilines is 3. The topological polar surface area (TPSA) is 102 Å². The van der Waals surface area contributed by atoms with Gasteiger partial charge in [-0.25, -0.2) is 4.99 Å². The molecule has 0 spiro atoms. The molecule has 1 aliphatic rings. The first kappa shape index (κ1) is 19.6. The number of methoxy groups -OCH3 is 1. The van der Waals surface area contributed by atoms with E-state index in [0.29, 0.717) is 24.2 Å². The fourth-order valence-corrected chi connectivity index (χ4v) is 3.19. The van der Waals surface area contributed by atoms with Gasteiger partial charge in [0.1, 0.15) is 5.75 Å². The Hall–Kier alpha value is -3.72. The van der Waals surface area contributed by atoms with Gasteiger partial charge in [0.15, 0.2) is 12.0 Å². The highest BCUT2D eigenvalue weighted by Crippen LogP contribution is 2.29. The molecule has 4 rings (SSSR count). The first-order valence-electron chi connectivity index (χ1n) is 9.56. The van der Waals surface area contributed by atoms with E-state index in [9.17, 15) is 0 Å². The first-order valence-corrected chi connectivity index (χ1v) is 9.56. The van der Waals surface area contributed by atoms with Crippen molar-refractivity contribution in [2.45, 2.75) is 13.1 Å². The van der Waals surface area contributed by atoms with E-state index in [1.54, 1.807) is 19.2 Å². The maximum Gasteiger partial charge on any atom is 0.243 e. The molecule has 1 unspecified atom stereocenters. The van der Waals surface area contributed by atoms with Crippen LogP contribution in [0.1, 0.15) is 24.5 Å². The number of benzene rings is 2. The largest absolute Gasteiger partial charge is 0.497 e. The molecule has 2 N–H and O–H groups in total. The fourth-order valence-electron chi connectivity index (χ4n) is 3.19. The van der Waals surface area contributed by atoms with Crippen molar-refractivity contribution < 1.29 is 9.57 Å². The van der Waals surface area contributed by atoms with E-state index in [4.69, 9.17) is 15.3 Å². The van der Waals surface area contributed by atoms with Crippen LogP contribution >= 0.6 is 0 Å². The SMILES string of the molecule is CCN(c1ccccc1)c1nc(N)nc(C2N=C(c3cccc(OC)c3)ON2C)n1. The maximum atomic E-state index is 6.01. The van der Waals surface area contributed by atoms with Crippen molar-refractivity contribution in [1.29, 1.82) is 0 Å². The number of aromatic nitrogens is 3. The lowest BCUT2D eigenvalue weighted by atomic mass is 10.2. The Kier molecular flexibility index (Phi) is 5.44. The highest BCUT2D eigenvalue weighted by molar-refractivity contribution is 5.95. The van der Waals surface area contributed by atoms with Crippen molar-refractivity contribution in [3.05, 3.63) is 66.0 Å². The Bertz CT molecular complexity index is 1060. The summed E-state index contributed by atoms with van der Waals surface area (Å²) in [5, 5.41) is 1.59. The number of nitrogen functional groups attached to an aromatic ring is 1. The van der Waals surface area contributed by atoms with Crippen molar-refractivity contribution in [2.75, 3.05) is 31.3 Å². The predicted molar refractivity (Wildman–Crippen MR) is 114 cm³/mol. The third kappa shape index (κ3) is 3.87. The van der Waals surface area contributed by atoms with Gasteiger partial charge >= 0.3 is 0 Å². The van der Waals surface area contributed by atoms with E-state index in [1.165, 1.54) is 0 Å². The van der Waals surface area contributed by atoms with Crippen LogP contribution in [0.25, 0.3) is 0 Å². The summed E-state index contributed by atoms with van der Waals surface area (Å²) < 4.78 is 5.29. The molecule has 2 aromatic carbocycles. The average Bonchev–Trinajstić information content (AvgIpc) is 3.16. The summed E-state index contributed by atoms with van der Waals surface area (Å²) in [7, 11) is 3.39. The van der Waals surface area contributed by atoms with Crippen LogP contribution in [0.4, 0.5) is 17.6 Å². The second-order valence-electron chi connectivity index (χ2n) is 6.61. The molecule has 0 saturated heterocycles. The summed E-state index contributed by atoms with van der Waals surface area (Å²) >= 11 is 0. The summed E-state index contributed by atoms with van der Waals surface area (Å²) in [4.78, 5) is 25.8. The molecule has 0 amide bonds. The Morgan fingerprint density at radius 3 is 2.63 bits per heavy atom. The molecular weight excluding hydrogens is 382 g/mol. The van der Waals surface area contributed by atoms with Gasteiger partial charge in [-0.2, -0.15) is 15.0 Å². The van der Waals surface area contributed by atoms with E-state index in [0.717, 1.165) is 17.0 Å².